The summed E-state index contributed by atoms with van der Waals surface area (Å²) in [7, 11) is 0. The average molecular weight is 320 g/mol. The zero-order chi connectivity index (χ0) is 16.5. The van der Waals surface area contributed by atoms with Crippen LogP contribution in [0.25, 0.3) is 0 Å². The fraction of sp³-hybridized carbons (Fsp3) is 0.158. The van der Waals surface area contributed by atoms with Crippen LogP contribution in [0.15, 0.2) is 70.0 Å². The number of rotatable bonds is 3. The molecule has 24 heavy (non-hydrogen) atoms. The summed E-state index contributed by atoms with van der Waals surface area (Å²) in [5.74, 6) is 0.733. The summed E-state index contributed by atoms with van der Waals surface area (Å²) in [6, 6.07) is 16.3. The Bertz CT molecular complexity index is 955. The summed E-state index contributed by atoms with van der Waals surface area (Å²) in [5, 5.41) is 0. The molecule has 0 radical (unpaired) electrons. The van der Waals surface area contributed by atoms with Crippen molar-refractivity contribution in [1.29, 1.82) is 0 Å². The second kappa shape index (κ2) is 5.85. The first-order valence-electron chi connectivity index (χ1n) is 7.86. The molecule has 0 saturated heterocycles. The van der Waals surface area contributed by atoms with Crippen LogP contribution in [-0.2, 0) is 13.0 Å². The van der Waals surface area contributed by atoms with Crippen molar-refractivity contribution in [2.75, 3.05) is 11.4 Å². The first-order chi connectivity index (χ1) is 11.7. The Morgan fingerprint density at radius 1 is 1.04 bits per heavy atom. The molecule has 0 unspecified atom stereocenters. The van der Waals surface area contributed by atoms with Gasteiger partial charge in [0.25, 0.3) is 11.5 Å². The predicted molar refractivity (Wildman–Crippen MR) is 90.3 cm³/mol. The lowest BCUT2D eigenvalue weighted by atomic mass is 10.2. The molecule has 0 aliphatic carbocycles. The highest BCUT2D eigenvalue weighted by atomic mass is 16.4. The highest BCUT2D eigenvalue weighted by Crippen LogP contribution is 2.29. The number of hydrogen-bond donors (Lipinski definition) is 0. The van der Waals surface area contributed by atoms with Crippen molar-refractivity contribution in [3.05, 3.63) is 88.2 Å². The standard InChI is InChI=1S/C19H16N2O3/c22-18-7-3-4-11-20(18)13-15-8-9-17(24-15)19(23)21-12-10-14-5-1-2-6-16(14)21/h1-9,11H,10,12-13H2. The summed E-state index contributed by atoms with van der Waals surface area (Å²) >= 11 is 0. The molecule has 0 N–H and O–H groups in total. The molecular weight excluding hydrogens is 304 g/mol. The summed E-state index contributed by atoms with van der Waals surface area (Å²) in [6.07, 6.45) is 2.55. The minimum atomic E-state index is -0.147. The lowest BCUT2D eigenvalue weighted by Crippen LogP contribution is -2.28. The number of hydrogen-bond acceptors (Lipinski definition) is 3. The number of furan rings is 1. The molecular formula is C19H16N2O3. The molecule has 5 heteroatoms. The number of amides is 1. The van der Waals surface area contributed by atoms with Crippen molar-refractivity contribution >= 4 is 11.6 Å². The van der Waals surface area contributed by atoms with E-state index in [1.807, 2.05) is 24.3 Å². The Morgan fingerprint density at radius 2 is 1.88 bits per heavy atom. The molecule has 3 aromatic rings. The maximum absolute atomic E-state index is 12.7. The molecule has 0 fully saturated rings. The highest BCUT2D eigenvalue weighted by molar-refractivity contribution is 6.05. The number of carbonyl (C=O) groups is 1. The van der Waals surface area contributed by atoms with Crippen LogP contribution in [0, 0.1) is 0 Å². The van der Waals surface area contributed by atoms with Crippen LogP contribution in [0.4, 0.5) is 5.69 Å². The minimum Gasteiger partial charge on any atom is -0.454 e. The third-order valence-electron chi connectivity index (χ3n) is 4.23. The lowest BCUT2D eigenvalue weighted by Gasteiger charge is -2.15. The van der Waals surface area contributed by atoms with Gasteiger partial charge in [0, 0.05) is 24.5 Å². The van der Waals surface area contributed by atoms with Gasteiger partial charge in [-0.25, -0.2) is 0 Å². The van der Waals surface area contributed by atoms with Gasteiger partial charge in [0.15, 0.2) is 5.76 Å². The maximum Gasteiger partial charge on any atom is 0.293 e. The molecule has 0 atom stereocenters. The number of para-hydroxylation sites is 1. The maximum atomic E-state index is 12.7. The van der Waals surface area contributed by atoms with E-state index >= 15 is 0 Å². The highest BCUT2D eigenvalue weighted by Gasteiger charge is 2.27. The number of benzene rings is 1. The molecule has 1 aliphatic rings. The third-order valence-corrected chi connectivity index (χ3v) is 4.23. The summed E-state index contributed by atoms with van der Waals surface area (Å²) in [5.41, 5.74) is 2.02. The molecule has 5 nitrogen and oxygen atoms in total. The molecule has 0 saturated carbocycles. The van der Waals surface area contributed by atoms with Crippen molar-refractivity contribution < 1.29 is 9.21 Å². The van der Waals surface area contributed by atoms with E-state index in [0.717, 1.165) is 12.1 Å². The van der Waals surface area contributed by atoms with Crippen LogP contribution in [0.2, 0.25) is 0 Å². The van der Waals surface area contributed by atoms with Gasteiger partial charge < -0.3 is 13.9 Å². The van der Waals surface area contributed by atoms with Gasteiger partial charge in [0.1, 0.15) is 5.76 Å². The van der Waals surface area contributed by atoms with Crippen LogP contribution in [-0.4, -0.2) is 17.0 Å². The smallest absolute Gasteiger partial charge is 0.293 e. The molecule has 0 spiro atoms. The van der Waals surface area contributed by atoms with Gasteiger partial charge in [-0.05, 0) is 36.2 Å². The van der Waals surface area contributed by atoms with Crippen molar-refractivity contribution in [2.24, 2.45) is 0 Å². The van der Waals surface area contributed by atoms with E-state index in [1.54, 1.807) is 35.4 Å². The molecule has 2 aromatic heterocycles. The van der Waals surface area contributed by atoms with Crippen LogP contribution >= 0.6 is 0 Å². The Balaban J connectivity index is 1.56. The topological polar surface area (TPSA) is 55.5 Å². The molecule has 0 bridgehead atoms. The Hall–Kier alpha value is -3.08. The molecule has 1 aromatic carbocycles. The van der Waals surface area contributed by atoms with Gasteiger partial charge in [0.2, 0.25) is 0 Å². The van der Waals surface area contributed by atoms with Crippen molar-refractivity contribution in [3.8, 4) is 0 Å². The largest absolute Gasteiger partial charge is 0.454 e. The normalized spacial score (nSPS) is 13.1. The van der Waals surface area contributed by atoms with Gasteiger partial charge in [-0.2, -0.15) is 0 Å². The number of nitrogens with zero attached hydrogens (tertiary/aromatic N) is 2. The fourth-order valence-electron chi connectivity index (χ4n) is 3.02. The zero-order valence-corrected chi connectivity index (χ0v) is 13.0. The van der Waals surface area contributed by atoms with Gasteiger partial charge in [-0.1, -0.05) is 24.3 Å². The van der Waals surface area contributed by atoms with Crippen LogP contribution in [0.5, 0.6) is 0 Å². The van der Waals surface area contributed by atoms with E-state index < -0.39 is 0 Å². The van der Waals surface area contributed by atoms with Crippen molar-refractivity contribution in [1.82, 2.24) is 4.57 Å². The van der Waals surface area contributed by atoms with Gasteiger partial charge in [0.05, 0.1) is 6.54 Å². The number of pyridine rings is 1. The number of aromatic nitrogens is 1. The summed E-state index contributed by atoms with van der Waals surface area (Å²) in [4.78, 5) is 26.2. The van der Waals surface area contributed by atoms with E-state index in [0.29, 0.717) is 24.6 Å². The average Bonchev–Trinajstić information content (AvgIpc) is 3.23. The summed E-state index contributed by atoms with van der Waals surface area (Å²) < 4.78 is 7.22. The number of carbonyl (C=O) groups excluding carboxylic acids is 1. The number of fused-ring (bicyclic) bond motifs is 1. The molecule has 4 rings (SSSR count). The third kappa shape index (κ3) is 2.54. The van der Waals surface area contributed by atoms with E-state index in [9.17, 15) is 9.59 Å². The predicted octanol–water partition coefficient (Wildman–Crippen LogP) is 2.69. The Morgan fingerprint density at radius 3 is 2.75 bits per heavy atom. The quantitative estimate of drug-likeness (QED) is 0.745. The minimum absolute atomic E-state index is 0.102. The lowest BCUT2D eigenvalue weighted by molar-refractivity contribution is 0.0961. The van der Waals surface area contributed by atoms with E-state index in [4.69, 9.17) is 4.42 Å². The molecule has 1 amide bonds. The number of anilines is 1. The van der Waals surface area contributed by atoms with Crippen molar-refractivity contribution in [3.63, 3.8) is 0 Å². The Kier molecular flexibility index (Phi) is 3.54. The first kappa shape index (κ1) is 14.5. The van der Waals surface area contributed by atoms with Gasteiger partial charge >= 0.3 is 0 Å². The molecule has 1 aliphatic heterocycles. The Labute approximate surface area is 138 Å². The second-order valence-electron chi connectivity index (χ2n) is 5.77. The summed E-state index contributed by atoms with van der Waals surface area (Å²) in [6.45, 7) is 0.968. The zero-order valence-electron chi connectivity index (χ0n) is 13.0. The van der Waals surface area contributed by atoms with E-state index in [1.165, 1.54) is 16.2 Å². The monoisotopic (exact) mass is 320 g/mol. The van der Waals surface area contributed by atoms with Crippen LogP contribution in [0.1, 0.15) is 21.9 Å². The molecule has 3 heterocycles. The van der Waals surface area contributed by atoms with E-state index in [-0.39, 0.29) is 11.5 Å². The fourth-order valence-corrected chi connectivity index (χ4v) is 3.02. The van der Waals surface area contributed by atoms with Gasteiger partial charge in [-0.3, -0.25) is 9.59 Å². The van der Waals surface area contributed by atoms with Gasteiger partial charge in [-0.15, -0.1) is 0 Å². The molecule has 120 valence electrons. The van der Waals surface area contributed by atoms with Crippen molar-refractivity contribution in [2.45, 2.75) is 13.0 Å². The SMILES string of the molecule is O=C(c1ccc(Cn2ccccc2=O)o1)N1CCc2ccccc21. The van der Waals surface area contributed by atoms with E-state index in [2.05, 4.69) is 0 Å². The second-order valence-corrected chi connectivity index (χ2v) is 5.77. The van der Waals surface area contributed by atoms with Crippen LogP contribution in [0.3, 0.4) is 0 Å². The van der Waals surface area contributed by atoms with Crippen LogP contribution < -0.4 is 10.5 Å². The first-order valence-corrected chi connectivity index (χ1v) is 7.86.